The van der Waals surface area contributed by atoms with Crippen LogP contribution in [0.3, 0.4) is 0 Å². The van der Waals surface area contributed by atoms with E-state index < -0.39 is 15.9 Å². The third-order valence-electron chi connectivity index (χ3n) is 5.08. The summed E-state index contributed by atoms with van der Waals surface area (Å²) >= 11 is 1.12. The van der Waals surface area contributed by atoms with E-state index in [-0.39, 0.29) is 9.77 Å². The molecule has 0 saturated heterocycles. The summed E-state index contributed by atoms with van der Waals surface area (Å²) in [6.07, 6.45) is 0. The van der Waals surface area contributed by atoms with E-state index in [1.54, 1.807) is 41.8 Å². The molecule has 0 radical (unpaired) electrons. The standard InChI is InChI=1S/C25H22N2O3S2/c1-18-13-15-20(16-14-18)26-25(28)23-24(22(17-31-23)19-9-5-3-6-10-19)32(29,30)27(2)21-11-7-4-8-12-21/h3-17H,1-2H3,(H,26,28). The number of anilines is 2. The zero-order valence-corrected chi connectivity index (χ0v) is 19.3. The van der Waals surface area contributed by atoms with E-state index in [1.807, 2.05) is 55.5 Å². The van der Waals surface area contributed by atoms with Crippen LogP contribution in [0.15, 0.2) is 95.2 Å². The molecule has 0 bridgehead atoms. The summed E-state index contributed by atoms with van der Waals surface area (Å²) in [4.78, 5) is 13.3. The highest BCUT2D eigenvalue weighted by Gasteiger charge is 2.32. The Morgan fingerprint density at radius 2 is 1.47 bits per heavy atom. The van der Waals surface area contributed by atoms with Crippen LogP contribution in [0.5, 0.6) is 0 Å². The van der Waals surface area contributed by atoms with Crippen LogP contribution >= 0.6 is 11.3 Å². The predicted molar refractivity (Wildman–Crippen MR) is 131 cm³/mol. The van der Waals surface area contributed by atoms with Crippen LogP contribution in [-0.4, -0.2) is 21.4 Å². The Morgan fingerprint density at radius 1 is 0.875 bits per heavy atom. The molecule has 1 amide bonds. The fourth-order valence-electron chi connectivity index (χ4n) is 3.32. The molecular formula is C25H22N2O3S2. The minimum atomic E-state index is -4.02. The lowest BCUT2D eigenvalue weighted by Crippen LogP contribution is -2.28. The summed E-state index contributed by atoms with van der Waals surface area (Å²) in [7, 11) is -2.52. The molecule has 32 heavy (non-hydrogen) atoms. The molecule has 0 aliphatic rings. The first kappa shape index (κ1) is 21.8. The van der Waals surface area contributed by atoms with Gasteiger partial charge in [-0.2, -0.15) is 0 Å². The molecule has 0 saturated carbocycles. The summed E-state index contributed by atoms with van der Waals surface area (Å²) in [5, 5.41) is 4.56. The van der Waals surface area contributed by atoms with Gasteiger partial charge in [-0.05, 0) is 36.8 Å². The number of hydrogen-bond acceptors (Lipinski definition) is 4. The van der Waals surface area contributed by atoms with Gasteiger partial charge in [0.1, 0.15) is 9.77 Å². The SMILES string of the molecule is Cc1ccc(NC(=O)c2scc(-c3ccccc3)c2S(=O)(=O)N(C)c2ccccc2)cc1. The number of benzene rings is 3. The Morgan fingerprint density at radius 3 is 2.09 bits per heavy atom. The Bertz CT molecular complexity index is 1330. The van der Waals surface area contributed by atoms with Gasteiger partial charge in [-0.15, -0.1) is 11.3 Å². The largest absolute Gasteiger partial charge is 0.321 e. The third-order valence-corrected chi connectivity index (χ3v) is 8.06. The second kappa shape index (κ2) is 8.98. The van der Waals surface area contributed by atoms with Gasteiger partial charge in [0.15, 0.2) is 0 Å². The molecule has 162 valence electrons. The maximum atomic E-state index is 13.8. The highest BCUT2D eigenvalue weighted by atomic mass is 32.2. The molecule has 1 heterocycles. The smallest absolute Gasteiger partial charge is 0.267 e. The molecule has 1 N–H and O–H groups in total. The number of aryl methyl sites for hydroxylation is 1. The quantitative estimate of drug-likeness (QED) is 0.394. The molecule has 4 rings (SSSR count). The summed E-state index contributed by atoms with van der Waals surface area (Å²) in [6, 6.07) is 25.4. The second-order valence-corrected chi connectivity index (χ2v) is 10.1. The van der Waals surface area contributed by atoms with Gasteiger partial charge in [-0.3, -0.25) is 9.10 Å². The van der Waals surface area contributed by atoms with Gasteiger partial charge < -0.3 is 5.32 Å². The fraction of sp³-hybridized carbons (Fsp3) is 0.0800. The van der Waals surface area contributed by atoms with Gasteiger partial charge in [0.25, 0.3) is 15.9 Å². The highest BCUT2D eigenvalue weighted by molar-refractivity contribution is 7.93. The molecule has 0 spiro atoms. The van der Waals surface area contributed by atoms with E-state index in [2.05, 4.69) is 5.32 Å². The Kier molecular flexibility index (Phi) is 6.12. The van der Waals surface area contributed by atoms with Crippen molar-refractivity contribution < 1.29 is 13.2 Å². The topological polar surface area (TPSA) is 66.5 Å². The first-order valence-corrected chi connectivity index (χ1v) is 12.3. The van der Waals surface area contributed by atoms with E-state index >= 15 is 0 Å². The van der Waals surface area contributed by atoms with Crippen LogP contribution in [0.2, 0.25) is 0 Å². The molecule has 0 fully saturated rings. The number of thiophene rings is 1. The van der Waals surface area contributed by atoms with Gasteiger partial charge in [0.05, 0.1) is 5.69 Å². The van der Waals surface area contributed by atoms with Gasteiger partial charge in [0, 0.05) is 23.7 Å². The molecule has 0 aliphatic carbocycles. The molecule has 3 aromatic carbocycles. The van der Waals surface area contributed by atoms with Gasteiger partial charge in [-0.25, -0.2) is 8.42 Å². The lowest BCUT2D eigenvalue weighted by molar-refractivity contribution is 0.102. The van der Waals surface area contributed by atoms with Crippen LogP contribution in [0.25, 0.3) is 11.1 Å². The average molecular weight is 463 g/mol. The van der Waals surface area contributed by atoms with Crippen molar-refractivity contribution >= 4 is 38.6 Å². The van der Waals surface area contributed by atoms with Crippen LogP contribution in [-0.2, 0) is 10.0 Å². The molecule has 0 atom stereocenters. The highest BCUT2D eigenvalue weighted by Crippen LogP contribution is 2.38. The van der Waals surface area contributed by atoms with Crippen molar-refractivity contribution in [3.05, 3.63) is 101 Å². The molecule has 7 heteroatoms. The van der Waals surface area contributed by atoms with Gasteiger partial charge >= 0.3 is 0 Å². The summed E-state index contributed by atoms with van der Waals surface area (Å²) in [5.74, 6) is -0.457. The molecule has 0 aliphatic heterocycles. The van der Waals surface area contributed by atoms with Crippen LogP contribution in [0.4, 0.5) is 11.4 Å². The number of carbonyl (C=O) groups excluding carboxylic acids is 1. The number of sulfonamides is 1. The molecule has 0 unspecified atom stereocenters. The average Bonchev–Trinajstić information content (AvgIpc) is 3.28. The number of nitrogens with zero attached hydrogens (tertiary/aromatic N) is 1. The molecule has 5 nitrogen and oxygen atoms in total. The van der Waals surface area contributed by atoms with Gasteiger partial charge in [-0.1, -0.05) is 66.2 Å². The van der Waals surface area contributed by atoms with Gasteiger partial charge in [0.2, 0.25) is 0 Å². The van der Waals surface area contributed by atoms with Crippen molar-refractivity contribution in [2.45, 2.75) is 11.8 Å². The van der Waals surface area contributed by atoms with Crippen molar-refractivity contribution in [1.82, 2.24) is 0 Å². The minimum Gasteiger partial charge on any atom is -0.321 e. The monoisotopic (exact) mass is 462 g/mol. The van der Waals surface area contributed by atoms with Crippen LogP contribution in [0, 0.1) is 6.92 Å². The van der Waals surface area contributed by atoms with Crippen LogP contribution < -0.4 is 9.62 Å². The number of para-hydroxylation sites is 1. The summed E-state index contributed by atoms with van der Waals surface area (Å²) < 4.78 is 28.7. The molecule has 4 aromatic rings. The van der Waals surface area contributed by atoms with E-state index in [0.717, 1.165) is 22.5 Å². The lowest BCUT2D eigenvalue weighted by atomic mass is 10.1. The maximum Gasteiger partial charge on any atom is 0.267 e. The zero-order chi connectivity index (χ0) is 22.7. The normalized spacial score (nSPS) is 11.2. The maximum absolute atomic E-state index is 13.8. The van der Waals surface area contributed by atoms with E-state index in [4.69, 9.17) is 0 Å². The van der Waals surface area contributed by atoms with Crippen molar-refractivity contribution in [3.8, 4) is 11.1 Å². The van der Waals surface area contributed by atoms with Crippen molar-refractivity contribution in [2.24, 2.45) is 0 Å². The summed E-state index contributed by atoms with van der Waals surface area (Å²) in [6.45, 7) is 1.96. The zero-order valence-electron chi connectivity index (χ0n) is 17.6. The fourth-order valence-corrected chi connectivity index (χ4v) is 6.17. The Labute approximate surface area is 192 Å². The Hall–Kier alpha value is -3.42. The van der Waals surface area contributed by atoms with E-state index in [1.165, 1.54) is 11.4 Å². The number of amides is 1. The first-order valence-electron chi connectivity index (χ1n) is 9.97. The number of rotatable bonds is 6. The number of nitrogens with one attached hydrogen (secondary N) is 1. The second-order valence-electron chi connectivity index (χ2n) is 7.30. The summed E-state index contributed by atoms with van der Waals surface area (Å²) in [5.41, 5.74) is 3.43. The van der Waals surface area contributed by atoms with Crippen molar-refractivity contribution in [3.63, 3.8) is 0 Å². The molecular weight excluding hydrogens is 440 g/mol. The number of carbonyl (C=O) groups is 1. The van der Waals surface area contributed by atoms with Crippen molar-refractivity contribution in [2.75, 3.05) is 16.7 Å². The first-order chi connectivity index (χ1) is 15.4. The third kappa shape index (κ3) is 4.30. The molecule has 1 aromatic heterocycles. The predicted octanol–water partition coefficient (Wildman–Crippen LogP) is 5.80. The lowest BCUT2D eigenvalue weighted by Gasteiger charge is -2.21. The number of hydrogen-bond donors (Lipinski definition) is 1. The van der Waals surface area contributed by atoms with Crippen LogP contribution in [0.1, 0.15) is 15.2 Å². The van der Waals surface area contributed by atoms with E-state index in [9.17, 15) is 13.2 Å². The van der Waals surface area contributed by atoms with E-state index in [0.29, 0.717) is 16.9 Å². The Balaban J connectivity index is 1.82. The minimum absolute atomic E-state index is 0.00432. The van der Waals surface area contributed by atoms with Crippen molar-refractivity contribution in [1.29, 1.82) is 0 Å².